The second-order valence-corrected chi connectivity index (χ2v) is 27.9. The summed E-state index contributed by atoms with van der Waals surface area (Å²) in [6.07, 6.45) is 2.68. The third kappa shape index (κ3) is 21.6. The summed E-state index contributed by atoms with van der Waals surface area (Å²) < 4.78 is 52.8. The molecule has 0 saturated carbocycles. The number of ether oxygens (including phenoxy) is 7. The molecule has 0 bridgehead atoms. The van der Waals surface area contributed by atoms with Crippen molar-refractivity contribution in [2.24, 2.45) is 0 Å². The Morgan fingerprint density at radius 1 is 0.495 bits per heavy atom. The van der Waals surface area contributed by atoms with Gasteiger partial charge in [-0.15, -0.1) is 0 Å². The lowest BCUT2D eigenvalue weighted by atomic mass is 9.76. The highest BCUT2D eigenvalue weighted by Crippen LogP contribution is 2.38. The summed E-state index contributed by atoms with van der Waals surface area (Å²) in [5.41, 5.74) is 39.4. The molecule has 2 atom stereocenters. The number of pyridine rings is 4. The van der Waals surface area contributed by atoms with Gasteiger partial charge in [-0.1, -0.05) is 110 Å². The van der Waals surface area contributed by atoms with Crippen LogP contribution in [0.5, 0.6) is 11.8 Å². The lowest BCUT2D eigenvalue weighted by Crippen LogP contribution is -2.41. The van der Waals surface area contributed by atoms with Crippen LogP contribution >= 0.6 is 73.9 Å². The zero-order valence-corrected chi connectivity index (χ0v) is 60.7. The van der Waals surface area contributed by atoms with Crippen molar-refractivity contribution in [3.8, 4) is 45.1 Å². The highest BCUT2D eigenvalue weighted by Gasteiger charge is 2.52. The van der Waals surface area contributed by atoms with Crippen molar-refractivity contribution in [1.29, 1.82) is 0 Å². The maximum absolute atomic E-state index is 6.15. The lowest BCUT2D eigenvalue weighted by molar-refractivity contribution is -0.142. The molecule has 8 aromatic rings. The van der Waals surface area contributed by atoms with Gasteiger partial charge in [-0.2, -0.15) is 0 Å². The molecule has 4 aromatic heterocycles. The predicted octanol–water partition coefficient (Wildman–Crippen LogP) is 16.8. The van der Waals surface area contributed by atoms with Gasteiger partial charge in [-0.3, -0.25) is 0 Å². The van der Waals surface area contributed by atoms with Crippen molar-refractivity contribution < 1.29 is 42.5 Å². The van der Waals surface area contributed by atoms with E-state index in [9.17, 15) is 0 Å². The highest BCUT2D eigenvalue weighted by atomic mass is 79.9. The van der Waals surface area contributed by atoms with Gasteiger partial charge in [0.05, 0.1) is 43.3 Å². The summed E-state index contributed by atoms with van der Waals surface area (Å²) in [6.45, 7) is 27.0. The number of hydrogen-bond donors (Lipinski definition) is 4. The third-order valence-corrected chi connectivity index (χ3v) is 17.3. The minimum atomic E-state index is -0.570. The predicted molar refractivity (Wildman–Crippen MR) is 389 cm³/mol. The molecule has 24 heteroatoms. The van der Waals surface area contributed by atoms with E-state index in [1.165, 1.54) is 5.57 Å². The molecule has 3 saturated heterocycles. The van der Waals surface area contributed by atoms with E-state index in [1.807, 2.05) is 133 Å². The number of anilines is 4. The first-order chi connectivity index (χ1) is 44.7. The van der Waals surface area contributed by atoms with Crippen LogP contribution in [0.2, 0.25) is 25.8 Å². The van der Waals surface area contributed by atoms with Gasteiger partial charge in [0, 0.05) is 39.4 Å². The molecule has 4 aliphatic heterocycles. The molecule has 4 aliphatic rings. The molecule has 17 nitrogen and oxygen atoms in total. The van der Waals surface area contributed by atoms with E-state index in [0.717, 1.165) is 89.1 Å². The maximum atomic E-state index is 6.15. The molecule has 8 N–H and O–H groups in total. The number of nitrogens with two attached hydrogens (primary N) is 4. The van der Waals surface area contributed by atoms with Gasteiger partial charge in [-0.25, -0.2) is 19.9 Å². The lowest BCUT2D eigenvalue weighted by Gasteiger charge is -2.32. The first-order valence-corrected chi connectivity index (χ1v) is 33.4. The quantitative estimate of drug-likeness (QED) is 0.0535. The van der Waals surface area contributed by atoms with E-state index < -0.39 is 11.6 Å². The van der Waals surface area contributed by atoms with Gasteiger partial charge >= 0.3 is 7.12 Å². The highest BCUT2D eigenvalue weighted by molar-refractivity contribution is 9.10. The Kier molecular flexibility index (Phi) is 25.4. The molecule has 0 aliphatic carbocycles. The molecule has 0 spiro atoms. The van der Waals surface area contributed by atoms with E-state index in [-0.39, 0.29) is 30.5 Å². The summed E-state index contributed by atoms with van der Waals surface area (Å²) in [5, 5.41) is 1.92. The number of halogens is 6. The van der Waals surface area contributed by atoms with E-state index >= 15 is 0 Å². The van der Waals surface area contributed by atoms with Gasteiger partial charge in [0.1, 0.15) is 51.2 Å². The van der Waals surface area contributed by atoms with Gasteiger partial charge in [0.25, 0.3) is 0 Å². The molecule has 3 fully saturated rings. The Labute approximate surface area is 591 Å². The fraction of sp³-hybridized carbons (Fsp3) is 0.352. The Hall–Kier alpha value is -6.27. The van der Waals surface area contributed by atoms with E-state index in [1.54, 1.807) is 30.3 Å². The van der Waals surface area contributed by atoms with Gasteiger partial charge in [0.2, 0.25) is 11.8 Å². The number of benzene rings is 4. The number of nitrogens with zero attached hydrogens (tertiary/aromatic N) is 4. The van der Waals surface area contributed by atoms with Crippen LogP contribution in [0.1, 0.15) is 89.8 Å². The van der Waals surface area contributed by atoms with Crippen molar-refractivity contribution in [2.75, 3.05) is 62.6 Å². The average Bonchev–Trinajstić information content (AvgIpc) is 1.66. The van der Waals surface area contributed by atoms with Crippen LogP contribution in [0.3, 0.4) is 0 Å². The van der Waals surface area contributed by atoms with E-state index in [0.29, 0.717) is 88.5 Å². The van der Waals surface area contributed by atoms with Crippen molar-refractivity contribution in [3.63, 3.8) is 0 Å². The summed E-state index contributed by atoms with van der Waals surface area (Å²) in [4.78, 5) is 16.6. The van der Waals surface area contributed by atoms with Crippen LogP contribution in [0.15, 0.2) is 132 Å². The van der Waals surface area contributed by atoms with Crippen molar-refractivity contribution >= 4 is 115 Å². The Morgan fingerprint density at radius 3 is 1.29 bits per heavy atom. The second-order valence-electron chi connectivity index (χ2n) is 25.0. The number of aryl methyl sites for hydroxylation is 4. The van der Waals surface area contributed by atoms with E-state index in [4.69, 9.17) is 128 Å². The fourth-order valence-electron chi connectivity index (χ4n) is 10.2. The van der Waals surface area contributed by atoms with Crippen molar-refractivity contribution in [3.05, 3.63) is 186 Å². The number of hydrogen-bond acceptors (Lipinski definition) is 17. The minimum Gasteiger partial charge on any atom is -0.475 e. The molecule has 0 amide bonds. The Balaban J connectivity index is 0.000000159. The Bertz CT molecular complexity index is 3950. The molecule has 0 radical (unpaired) electrons. The van der Waals surface area contributed by atoms with Crippen molar-refractivity contribution in [1.82, 2.24) is 19.9 Å². The maximum Gasteiger partial charge on any atom is 0.495 e. The standard InChI is InChI=1S/C23H28N2O4.C18H21ClN2O3.C13H20BNO2.C12H10Cl2N2.C5H2BrCl2N/c1-15-4-5-18(24)12-20(15)17-10-21(16-6-8-26-9-7-16)25-22(11-17)27-13-19-14-28-23(2,3)29-19;1-11-4-5-13(20)8-15(11)12-6-16(19)21-17(7-12)22-9-14-10-23-18(2,3)24-14;1-9-6-7-10(15)8-11(9)14-16-12(2,3)13(4,5)17-14;1-7-2-3-9(15)6-10(7)8-4-11(13)16-12(14)5-8;6-3-1-4(7)9-5(8)2-3/h4-6,10-12,19H,7-9,13-14,24H2,1-3H3;4-8,14H,9-10,20H2,1-3H3;6-8H,15H2,1-5H3;2-6H,15H2,1H3;1-2H/t19-;14-;;;/m00.../s1. The van der Waals surface area contributed by atoms with Gasteiger partial charge in [0.15, 0.2) is 11.6 Å². The molecular weight excluding hydrogens is 1380 g/mol. The van der Waals surface area contributed by atoms with Crippen LogP contribution in [-0.4, -0.2) is 102 Å². The number of aromatic nitrogens is 4. The van der Waals surface area contributed by atoms with Crippen LogP contribution in [0.4, 0.5) is 22.7 Å². The van der Waals surface area contributed by atoms with E-state index in [2.05, 4.69) is 77.6 Å². The average molecular weight is 1460 g/mol. The van der Waals surface area contributed by atoms with Crippen LogP contribution < -0.4 is 37.9 Å². The van der Waals surface area contributed by atoms with Gasteiger partial charge < -0.3 is 65.4 Å². The summed E-state index contributed by atoms with van der Waals surface area (Å²) in [5.74, 6) is -0.118. The summed E-state index contributed by atoms with van der Waals surface area (Å²) in [6, 6.07) is 37.9. The second kappa shape index (κ2) is 32.4. The molecule has 4 aromatic carbocycles. The monoisotopic (exact) mass is 1450 g/mol. The van der Waals surface area contributed by atoms with Gasteiger partial charge in [-0.05, 0) is 236 Å². The fourth-order valence-corrected chi connectivity index (χ4v) is 12.0. The Morgan fingerprint density at radius 2 is 0.884 bits per heavy atom. The molecule has 12 rings (SSSR count). The van der Waals surface area contributed by atoms with Crippen LogP contribution in [0, 0.1) is 27.7 Å². The zero-order chi connectivity index (χ0) is 69.2. The first-order valence-electron chi connectivity index (χ1n) is 30.7. The third-order valence-electron chi connectivity index (χ3n) is 15.9. The number of nitrogen functional groups attached to an aromatic ring is 4. The largest absolute Gasteiger partial charge is 0.495 e. The topological polar surface area (TPSA) is 239 Å². The van der Waals surface area contributed by atoms with Crippen molar-refractivity contribution in [2.45, 2.75) is 124 Å². The minimum absolute atomic E-state index is 0.115. The summed E-state index contributed by atoms with van der Waals surface area (Å²) >= 11 is 32.1. The molecule has 0 unspecified atom stereocenters. The SMILES string of the molecule is Cc1ccc(N)cc1-c1cc(Cl)nc(Cl)c1.Cc1ccc(N)cc1-c1cc(Cl)nc(OC[C@H]2COC(C)(C)O2)c1.Cc1ccc(N)cc1-c1cc(OC[C@H]2COC(C)(C)O2)nc(C2=CCOCC2)c1.Cc1ccc(N)cc1B1OC(C)(C)C(C)(C)O1.Clc1cc(Br)cc(Cl)n1. The zero-order valence-electron chi connectivity index (χ0n) is 55.3. The smallest absolute Gasteiger partial charge is 0.475 e. The number of rotatable bonds is 11. The first kappa shape index (κ1) is 74.5. The van der Waals surface area contributed by atoms with Crippen LogP contribution in [0.25, 0.3) is 39.0 Å². The molecular formula is C71H81BBrCl5N8O9. The molecule has 504 valence electrons. The summed E-state index contributed by atoms with van der Waals surface area (Å²) in [7, 11) is -0.330. The molecule has 95 heavy (non-hydrogen) atoms. The van der Waals surface area contributed by atoms with Crippen LogP contribution in [-0.2, 0) is 33.0 Å². The normalized spacial score (nSPS) is 17.9. The molecule has 8 heterocycles.